The Hall–Kier alpha value is -1.71. The van der Waals surface area contributed by atoms with E-state index >= 15 is 0 Å². The minimum atomic E-state index is -0.167. The first-order chi connectivity index (χ1) is 10.1. The van der Waals surface area contributed by atoms with Crippen LogP contribution in [0.5, 0.6) is 11.5 Å². The van der Waals surface area contributed by atoms with Crippen molar-refractivity contribution in [2.24, 2.45) is 0 Å². The summed E-state index contributed by atoms with van der Waals surface area (Å²) in [5, 5.41) is 0.925. The van der Waals surface area contributed by atoms with Gasteiger partial charge in [0.05, 0.1) is 14.2 Å². The maximum atomic E-state index is 12.6. The summed E-state index contributed by atoms with van der Waals surface area (Å²) in [6.45, 7) is 0. The summed E-state index contributed by atoms with van der Waals surface area (Å²) in [4.78, 5) is 12.6. The van der Waals surface area contributed by atoms with Gasteiger partial charge in [0.1, 0.15) is 17.1 Å². The van der Waals surface area contributed by atoms with Gasteiger partial charge < -0.3 is 9.47 Å². The highest BCUT2D eigenvalue weighted by Gasteiger charge is 2.20. The van der Waals surface area contributed by atoms with Crippen molar-refractivity contribution in [2.75, 3.05) is 14.2 Å². The molecular formula is C16H14Cl2O3. The molecule has 3 nitrogen and oxygen atoms in total. The number of ether oxygens (including phenoxy) is 2. The van der Waals surface area contributed by atoms with Crippen molar-refractivity contribution in [3.8, 4) is 11.5 Å². The number of hydrogen-bond acceptors (Lipinski definition) is 3. The monoisotopic (exact) mass is 324 g/mol. The lowest BCUT2D eigenvalue weighted by Crippen LogP contribution is -2.08. The van der Waals surface area contributed by atoms with Crippen molar-refractivity contribution in [3.05, 3.63) is 57.6 Å². The molecule has 2 aromatic rings. The van der Waals surface area contributed by atoms with Crippen LogP contribution in [0.1, 0.15) is 15.9 Å². The molecule has 0 heterocycles. The molecule has 0 radical (unpaired) electrons. The highest BCUT2D eigenvalue weighted by molar-refractivity contribution is 6.36. The summed E-state index contributed by atoms with van der Waals surface area (Å²) >= 11 is 12.2. The van der Waals surface area contributed by atoms with E-state index in [-0.39, 0.29) is 12.2 Å². The first-order valence-electron chi connectivity index (χ1n) is 6.25. The third-order valence-electron chi connectivity index (χ3n) is 3.11. The number of carbonyl (C=O) groups excluding carboxylic acids is 1. The van der Waals surface area contributed by atoms with Crippen molar-refractivity contribution < 1.29 is 14.3 Å². The molecule has 0 amide bonds. The SMILES string of the molecule is COc1cccc(OC)c1C(=O)Cc1c(Cl)cccc1Cl. The molecule has 0 aromatic heterocycles. The molecule has 0 aliphatic rings. The standard InChI is InChI=1S/C16H14Cl2O3/c1-20-14-7-4-8-15(21-2)16(14)13(19)9-10-11(17)5-3-6-12(10)18/h3-8H,9H2,1-2H3. The Kier molecular flexibility index (Phi) is 5.10. The molecule has 0 aliphatic heterocycles. The normalized spacial score (nSPS) is 10.3. The molecule has 21 heavy (non-hydrogen) atoms. The number of methoxy groups -OCH3 is 2. The highest BCUT2D eigenvalue weighted by Crippen LogP contribution is 2.32. The lowest BCUT2D eigenvalue weighted by atomic mass is 10.0. The number of benzene rings is 2. The van der Waals surface area contributed by atoms with Gasteiger partial charge in [0.15, 0.2) is 5.78 Å². The van der Waals surface area contributed by atoms with Crippen molar-refractivity contribution in [1.82, 2.24) is 0 Å². The molecule has 0 atom stereocenters. The van der Waals surface area contributed by atoms with Gasteiger partial charge in [0, 0.05) is 16.5 Å². The van der Waals surface area contributed by atoms with Crippen molar-refractivity contribution >= 4 is 29.0 Å². The molecule has 0 bridgehead atoms. The summed E-state index contributed by atoms with van der Waals surface area (Å²) in [5.74, 6) is 0.754. The van der Waals surface area contributed by atoms with Crippen LogP contribution < -0.4 is 9.47 Å². The Morgan fingerprint density at radius 3 is 1.90 bits per heavy atom. The molecular weight excluding hydrogens is 311 g/mol. The molecule has 0 spiro atoms. The molecule has 2 rings (SSSR count). The molecule has 0 fully saturated rings. The zero-order valence-electron chi connectivity index (χ0n) is 11.7. The number of carbonyl (C=O) groups is 1. The lowest BCUT2D eigenvalue weighted by Gasteiger charge is -2.13. The van der Waals surface area contributed by atoms with Crippen molar-refractivity contribution in [1.29, 1.82) is 0 Å². The summed E-state index contributed by atoms with van der Waals surface area (Å²) in [6, 6.07) is 10.3. The summed E-state index contributed by atoms with van der Waals surface area (Å²) in [7, 11) is 3.02. The fourth-order valence-electron chi connectivity index (χ4n) is 2.08. The number of Topliss-reactive ketones (excluding diaryl/α,β-unsaturated/α-hetero) is 1. The van der Waals surface area contributed by atoms with Crippen LogP contribution in [0.3, 0.4) is 0 Å². The van der Waals surface area contributed by atoms with Crippen LogP contribution in [0.25, 0.3) is 0 Å². The Labute approximate surface area is 133 Å². The van der Waals surface area contributed by atoms with E-state index in [1.807, 2.05) is 0 Å². The van der Waals surface area contributed by atoms with E-state index in [4.69, 9.17) is 32.7 Å². The minimum Gasteiger partial charge on any atom is -0.496 e. The molecule has 0 N–H and O–H groups in total. The second-order valence-electron chi connectivity index (χ2n) is 4.34. The van der Waals surface area contributed by atoms with Gasteiger partial charge in [-0.1, -0.05) is 35.3 Å². The van der Waals surface area contributed by atoms with Crippen LogP contribution in [0.4, 0.5) is 0 Å². The van der Waals surface area contributed by atoms with Crippen LogP contribution in [0, 0.1) is 0 Å². The smallest absolute Gasteiger partial charge is 0.174 e. The third-order valence-corrected chi connectivity index (χ3v) is 3.81. The summed E-state index contributed by atoms with van der Waals surface area (Å²) < 4.78 is 10.5. The first kappa shape index (κ1) is 15.7. The van der Waals surface area contributed by atoms with Crippen molar-refractivity contribution in [3.63, 3.8) is 0 Å². The average molecular weight is 325 g/mol. The second kappa shape index (κ2) is 6.83. The first-order valence-corrected chi connectivity index (χ1v) is 7.01. The third kappa shape index (κ3) is 3.31. The fraction of sp³-hybridized carbons (Fsp3) is 0.188. The molecule has 2 aromatic carbocycles. The average Bonchev–Trinajstić information content (AvgIpc) is 2.49. The Morgan fingerprint density at radius 1 is 0.952 bits per heavy atom. The Bertz CT molecular complexity index is 626. The van der Waals surface area contributed by atoms with Gasteiger partial charge in [0.25, 0.3) is 0 Å². The molecule has 110 valence electrons. The van der Waals surface area contributed by atoms with E-state index < -0.39 is 0 Å². The number of hydrogen-bond donors (Lipinski definition) is 0. The molecule has 0 aliphatic carbocycles. The van der Waals surface area contributed by atoms with Gasteiger partial charge >= 0.3 is 0 Å². The lowest BCUT2D eigenvalue weighted by molar-refractivity contribution is 0.0987. The van der Waals surface area contributed by atoms with Gasteiger partial charge in [-0.05, 0) is 29.8 Å². The van der Waals surface area contributed by atoms with Crippen LogP contribution in [0.15, 0.2) is 36.4 Å². The predicted octanol–water partition coefficient (Wildman–Crippen LogP) is 4.44. The number of rotatable bonds is 5. The van der Waals surface area contributed by atoms with Gasteiger partial charge in [-0.15, -0.1) is 0 Å². The van der Waals surface area contributed by atoms with E-state index in [0.717, 1.165) is 0 Å². The summed E-state index contributed by atoms with van der Waals surface area (Å²) in [5.41, 5.74) is 0.984. The van der Waals surface area contributed by atoms with E-state index in [1.54, 1.807) is 36.4 Å². The van der Waals surface area contributed by atoms with Gasteiger partial charge in [-0.25, -0.2) is 0 Å². The Morgan fingerprint density at radius 2 is 1.43 bits per heavy atom. The molecule has 0 saturated heterocycles. The maximum absolute atomic E-state index is 12.6. The topological polar surface area (TPSA) is 35.5 Å². The second-order valence-corrected chi connectivity index (χ2v) is 5.15. The van der Waals surface area contributed by atoms with E-state index in [9.17, 15) is 4.79 Å². The zero-order valence-corrected chi connectivity index (χ0v) is 13.2. The number of ketones is 1. The van der Waals surface area contributed by atoms with E-state index in [2.05, 4.69) is 0 Å². The van der Waals surface area contributed by atoms with Crippen molar-refractivity contribution in [2.45, 2.75) is 6.42 Å². The Balaban J connectivity index is 2.41. The minimum absolute atomic E-state index is 0.0786. The molecule has 0 saturated carbocycles. The molecule has 0 unspecified atom stereocenters. The van der Waals surface area contributed by atoms with Crippen LogP contribution in [-0.4, -0.2) is 20.0 Å². The van der Waals surface area contributed by atoms with Gasteiger partial charge in [-0.3, -0.25) is 4.79 Å². The van der Waals surface area contributed by atoms with E-state index in [0.29, 0.717) is 32.7 Å². The van der Waals surface area contributed by atoms with Crippen LogP contribution in [-0.2, 0) is 6.42 Å². The highest BCUT2D eigenvalue weighted by atomic mass is 35.5. The fourth-order valence-corrected chi connectivity index (χ4v) is 2.61. The van der Waals surface area contributed by atoms with Crippen LogP contribution in [0.2, 0.25) is 10.0 Å². The van der Waals surface area contributed by atoms with Gasteiger partial charge in [0.2, 0.25) is 0 Å². The predicted molar refractivity (Wildman–Crippen MR) is 84.0 cm³/mol. The number of halogens is 2. The maximum Gasteiger partial charge on any atom is 0.174 e. The summed E-state index contributed by atoms with van der Waals surface area (Å²) in [6.07, 6.45) is 0.0786. The van der Waals surface area contributed by atoms with E-state index in [1.165, 1.54) is 14.2 Å². The van der Waals surface area contributed by atoms with Crippen LogP contribution >= 0.6 is 23.2 Å². The van der Waals surface area contributed by atoms with Gasteiger partial charge in [-0.2, -0.15) is 0 Å². The quantitative estimate of drug-likeness (QED) is 0.763. The zero-order chi connectivity index (χ0) is 15.4. The largest absolute Gasteiger partial charge is 0.496 e. The molecule has 5 heteroatoms.